The molecule has 0 aliphatic rings. The third-order valence-electron chi connectivity index (χ3n) is 4.52. The fourth-order valence-electron chi connectivity index (χ4n) is 2.88. The highest BCUT2D eigenvalue weighted by molar-refractivity contribution is 6.36. The Labute approximate surface area is 201 Å². The minimum absolute atomic E-state index is 0.0271. The van der Waals surface area contributed by atoms with Crippen LogP contribution in [0.5, 0.6) is 0 Å². The first-order valence-corrected chi connectivity index (χ1v) is 10.4. The molecule has 1 heterocycles. The fraction of sp³-hybridized carbons (Fsp3) is 0. The number of hydrogen-bond acceptors (Lipinski definition) is 3. The van der Waals surface area contributed by atoms with Gasteiger partial charge in [-0.1, -0.05) is 29.3 Å². The van der Waals surface area contributed by atoms with Crippen molar-refractivity contribution in [3.8, 4) is 11.3 Å². The summed E-state index contributed by atoms with van der Waals surface area (Å²) < 4.78 is 41.6. The lowest BCUT2D eigenvalue weighted by molar-refractivity contribution is 0.262. The molecule has 2 N–H and O–H groups in total. The van der Waals surface area contributed by atoms with Crippen LogP contribution in [0.3, 0.4) is 0 Å². The summed E-state index contributed by atoms with van der Waals surface area (Å²) in [6.45, 7) is 0. The zero-order valence-corrected chi connectivity index (χ0v) is 18.6. The molecule has 0 radical (unpaired) electrons. The molecule has 0 aliphatic carbocycles. The Morgan fingerprint density at radius 2 is 1.68 bits per heavy atom. The number of carbonyl (C=O) groups excluding carboxylic acids is 1. The van der Waals surface area contributed by atoms with E-state index in [0.29, 0.717) is 32.9 Å². The van der Waals surface area contributed by atoms with E-state index in [1.54, 1.807) is 18.2 Å². The molecule has 172 valence electrons. The Morgan fingerprint density at radius 3 is 2.38 bits per heavy atom. The molecular formula is C23H14Cl2F3N5O. The molecule has 1 aromatic heterocycles. The lowest BCUT2D eigenvalue weighted by Crippen LogP contribution is -2.22. The van der Waals surface area contributed by atoms with Gasteiger partial charge in [0.15, 0.2) is 0 Å². The van der Waals surface area contributed by atoms with Gasteiger partial charge in [0.05, 0.1) is 28.8 Å². The van der Waals surface area contributed by atoms with Crippen LogP contribution in [0.1, 0.15) is 5.56 Å². The summed E-state index contributed by atoms with van der Waals surface area (Å²) in [4.78, 5) is 16.8. The largest absolute Gasteiger partial charge is 0.326 e. The van der Waals surface area contributed by atoms with Gasteiger partial charge in [-0.05, 0) is 48.5 Å². The topological polar surface area (TPSA) is 71.3 Å². The number of rotatable bonds is 5. The molecule has 3 aromatic carbocycles. The number of urea groups is 1. The van der Waals surface area contributed by atoms with Crippen molar-refractivity contribution in [3.05, 3.63) is 99.9 Å². The number of anilines is 2. The third-order valence-corrected chi connectivity index (χ3v) is 5.08. The van der Waals surface area contributed by atoms with E-state index in [0.717, 1.165) is 12.1 Å². The Hall–Kier alpha value is -3.82. The second kappa shape index (κ2) is 9.98. The molecule has 0 unspecified atom stereocenters. The van der Waals surface area contributed by atoms with E-state index < -0.39 is 23.5 Å². The third kappa shape index (κ3) is 5.56. The van der Waals surface area contributed by atoms with Gasteiger partial charge in [0.2, 0.25) is 5.95 Å². The van der Waals surface area contributed by atoms with Crippen molar-refractivity contribution in [2.24, 2.45) is 5.10 Å². The molecule has 4 aromatic rings. The van der Waals surface area contributed by atoms with Crippen LogP contribution < -0.4 is 10.6 Å². The van der Waals surface area contributed by atoms with Gasteiger partial charge in [-0.2, -0.15) is 5.10 Å². The quantitative estimate of drug-likeness (QED) is 0.294. The predicted molar refractivity (Wildman–Crippen MR) is 126 cm³/mol. The monoisotopic (exact) mass is 503 g/mol. The first-order chi connectivity index (χ1) is 16.3. The van der Waals surface area contributed by atoms with Crippen LogP contribution >= 0.6 is 23.2 Å². The second-order valence-electron chi connectivity index (χ2n) is 6.91. The van der Waals surface area contributed by atoms with E-state index in [1.165, 1.54) is 41.4 Å². The van der Waals surface area contributed by atoms with E-state index >= 15 is 0 Å². The maximum atomic E-state index is 13.9. The van der Waals surface area contributed by atoms with Crippen LogP contribution in [0, 0.1) is 17.5 Å². The van der Waals surface area contributed by atoms with Gasteiger partial charge in [0.1, 0.15) is 17.5 Å². The van der Waals surface area contributed by atoms with Gasteiger partial charge in [0, 0.05) is 22.2 Å². The average molecular weight is 504 g/mol. The Bertz CT molecular complexity index is 1390. The molecule has 4 rings (SSSR count). The molecule has 0 atom stereocenters. The van der Waals surface area contributed by atoms with Crippen LogP contribution in [0.2, 0.25) is 10.0 Å². The number of benzene rings is 3. The van der Waals surface area contributed by atoms with Crippen LogP contribution in [-0.2, 0) is 0 Å². The number of halogens is 5. The number of aromatic nitrogens is 2. The van der Waals surface area contributed by atoms with E-state index in [9.17, 15) is 18.0 Å². The summed E-state index contributed by atoms with van der Waals surface area (Å²) in [5, 5.41) is 9.83. The van der Waals surface area contributed by atoms with Crippen molar-refractivity contribution < 1.29 is 18.0 Å². The average Bonchev–Trinajstić information content (AvgIpc) is 3.18. The number of nitrogens with zero attached hydrogens (tertiary/aromatic N) is 3. The molecule has 6 nitrogen and oxygen atoms in total. The molecule has 2 amide bonds. The van der Waals surface area contributed by atoms with Gasteiger partial charge >= 0.3 is 6.03 Å². The molecular weight excluding hydrogens is 490 g/mol. The first kappa shape index (κ1) is 23.3. The number of amides is 2. The zero-order valence-electron chi connectivity index (χ0n) is 17.1. The number of carbonyl (C=O) groups is 1. The summed E-state index contributed by atoms with van der Waals surface area (Å²) in [6, 6.07) is 12.3. The van der Waals surface area contributed by atoms with Crippen molar-refractivity contribution in [3.63, 3.8) is 0 Å². The normalized spacial score (nSPS) is 11.1. The second-order valence-corrected chi connectivity index (χ2v) is 7.76. The molecule has 0 aliphatic heterocycles. The van der Waals surface area contributed by atoms with Crippen molar-refractivity contribution in [1.82, 2.24) is 9.66 Å². The number of hydrogen-bond donors (Lipinski definition) is 2. The Kier molecular flexibility index (Phi) is 6.85. The molecule has 0 bridgehead atoms. The van der Waals surface area contributed by atoms with Crippen molar-refractivity contribution >= 4 is 47.1 Å². The minimum Gasteiger partial charge on any atom is -0.305 e. The van der Waals surface area contributed by atoms with E-state index in [-0.39, 0.29) is 11.6 Å². The lowest BCUT2D eigenvalue weighted by atomic mass is 10.2. The SMILES string of the molecule is O=C(Nc1ccc(F)cc1F)Nc1nc(-c2ccc(F)cc2)cn1/N=C\c1ccc(Cl)cc1Cl. The summed E-state index contributed by atoms with van der Waals surface area (Å²) in [5.74, 6) is -2.17. The summed E-state index contributed by atoms with van der Waals surface area (Å²) in [5.41, 5.74) is 1.26. The van der Waals surface area contributed by atoms with E-state index in [2.05, 4.69) is 20.7 Å². The molecule has 0 fully saturated rings. The van der Waals surface area contributed by atoms with Crippen LogP contribution in [0.4, 0.5) is 29.6 Å². The molecule has 0 saturated carbocycles. The van der Waals surface area contributed by atoms with Crippen molar-refractivity contribution in [1.29, 1.82) is 0 Å². The van der Waals surface area contributed by atoms with Crippen LogP contribution in [-0.4, -0.2) is 21.9 Å². The van der Waals surface area contributed by atoms with Gasteiger partial charge in [-0.15, -0.1) is 0 Å². The van der Waals surface area contributed by atoms with Gasteiger partial charge in [0.25, 0.3) is 0 Å². The van der Waals surface area contributed by atoms with Crippen LogP contribution in [0.15, 0.2) is 72.0 Å². The minimum atomic E-state index is -0.944. The van der Waals surface area contributed by atoms with Crippen LogP contribution in [0.25, 0.3) is 11.3 Å². The smallest absolute Gasteiger partial charge is 0.305 e. The standard InChI is InChI=1S/C23H14Cl2F3N5O/c24-15-4-1-14(18(25)9-15)11-29-33-12-21(13-2-5-16(26)6-3-13)30-22(33)32-23(34)31-20-8-7-17(27)10-19(20)28/h1-12H,(H2,30,31,32,34)/b29-11-. The highest BCUT2D eigenvalue weighted by Gasteiger charge is 2.14. The van der Waals surface area contributed by atoms with Crippen molar-refractivity contribution in [2.75, 3.05) is 10.6 Å². The fourth-order valence-corrected chi connectivity index (χ4v) is 3.34. The number of nitrogens with one attached hydrogen (secondary N) is 2. The molecule has 34 heavy (non-hydrogen) atoms. The van der Waals surface area contributed by atoms with Gasteiger partial charge in [-0.3, -0.25) is 5.32 Å². The molecule has 0 saturated heterocycles. The first-order valence-electron chi connectivity index (χ1n) is 9.66. The van der Waals surface area contributed by atoms with E-state index in [1.807, 2.05) is 0 Å². The Morgan fingerprint density at radius 1 is 0.941 bits per heavy atom. The zero-order chi connectivity index (χ0) is 24.2. The maximum Gasteiger partial charge on any atom is 0.326 e. The predicted octanol–water partition coefficient (Wildman–Crippen LogP) is 6.80. The van der Waals surface area contributed by atoms with Gasteiger partial charge < -0.3 is 5.32 Å². The summed E-state index contributed by atoms with van der Waals surface area (Å²) >= 11 is 12.1. The van der Waals surface area contributed by atoms with Crippen molar-refractivity contribution in [2.45, 2.75) is 0 Å². The van der Waals surface area contributed by atoms with E-state index in [4.69, 9.17) is 23.2 Å². The molecule has 11 heteroatoms. The Balaban J connectivity index is 1.64. The highest BCUT2D eigenvalue weighted by Crippen LogP contribution is 2.23. The summed E-state index contributed by atoms with van der Waals surface area (Å²) in [7, 11) is 0. The summed E-state index contributed by atoms with van der Waals surface area (Å²) in [6.07, 6.45) is 2.93. The molecule has 0 spiro atoms. The highest BCUT2D eigenvalue weighted by atomic mass is 35.5. The maximum absolute atomic E-state index is 13.9. The lowest BCUT2D eigenvalue weighted by Gasteiger charge is -2.08. The van der Waals surface area contributed by atoms with Gasteiger partial charge in [-0.25, -0.2) is 27.6 Å². The number of imidazole rings is 1.